The van der Waals surface area contributed by atoms with E-state index in [1.165, 1.54) is 12.1 Å². The maximum atomic E-state index is 13.7. The van der Waals surface area contributed by atoms with Crippen molar-refractivity contribution >= 4 is 5.91 Å². The Bertz CT molecular complexity index is 668. The molecule has 1 saturated carbocycles. The van der Waals surface area contributed by atoms with E-state index in [0.29, 0.717) is 0 Å². The van der Waals surface area contributed by atoms with Gasteiger partial charge in [-0.25, -0.2) is 4.39 Å². The van der Waals surface area contributed by atoms with Crippen LogP contribution in [-0.4, -0.2) is 22.8 Å². The molecule has 0 aliphatic heterocycles. The molecule has 1 amide bonds. The van der Waals surface area contributed by atoms with E-state index < -0.39 is 0 Å². The van der Waals surface area contributed by atoms with E-state index in [2.05, 4.69) is 4.98 Å². The van der Waals surface area contributed by atoms with Crippen molar-refractivity contribution in [2.24, 2.45) is 5.92 Å². The van der Waals surface area contributed by atoms with Crippen LogP contribution in [0.15, 0.2) is 48.7 Å². The number of halogens is 1. The maximum absolute atomic E-state index is 13.7. The molecule has 0 saturated heterocycles. The van der Waals surface area contributed by atoms with Gasteiger partial charge in [-0.05, 0) is 42.7 Å². The van der Waals surface area contributed by atoms with Crippen LogP contribution in [0.5, 0.6) is 0 Å². The van der Waals surface area contributed by atoms with Gasteiger partial charge < -0.3 is 4.90 Å². The maximum Gasteiger partial charge on any atom is 0.226 e. The Balaban J connectivity index is 1.96. The summed E-state index contributed by atoms with van der Waals surface area (Å²) in [5.41, 5.74) is 1.50. The molecule has 1 aliphatic carbocycles. The standard InChI is InChI=1S/C19H21FN2O/c1-22(19(23)14-7-2-3-8-14)18(17-11-4-5-12-21-17)15-9-6-10-16(20)13-15/h4-6,9-14,18H,2-3,7-8H2,1H3. The highest BCUT2D eigenvalue weighted by Crippen LogP contribution is 2.32. The third kappa shape index (κ3) is 3.41. The summed E-state index contributed by atoms with van der Waals surface area (Å²) in [6.07, 6.45) is 5.81. The van der Waals surface area contributed by atoms with E-state index >= 15 is 0 Å². The van der Waals surface area contributed by atoms with Gasteiger partial charge in [0.05, 0.1) is 11.7 Å². The SMILES string of the molecule is CN(C(=O)C1CCCC1)C(c1cccc(F)c1)c1ccccn1. The van der Waals surface area contributed by atoms with Gasteiger partial charge in [-0.15, -0.1) is 0 Å². The highest BCUT2D eigenvalue weighted by atomic mass is 19.1. The molecule has 2 aromatic rings. The van der Waals surface area contributed by atoms with Crippen molar-refractivity contribution in [1.29, 1.82) is 0 Å². The normalized spacial score (nSPS) is 16.3. The van der Waals surface area contributed by atoms with Crippen molar-refractivity contribution in [2.75, 3.05) is 7.05 Å². The molecule has 1 heterocycles. The summed E-state index contributed by atoms with van der Waals surface area (Å²) in [6.45, 7) is 0. The first-order chi connectivity index (χ1) is 11.2. The largest absolute Gasteiger partial charge is 0.333 e. The number of carbonyl (C=O) groups excluding carboxylic acids is 1. The fourth-order valence-electron chi connectivity index (χ4n) is 3.40. The lowest BCUT2D eigenvalue weighted by Crippen LogP contribution is -2.36. The van der Waals surface area contributed by atoms with Gasteiger partial charge >= 0.3 is 0 Å². The summed E-state index contributed by atoms with van der Waals surface area (Å²) >= 11 is 0. The topological polar surface area (TPSA) is 33.2 Å². The molecule has 23 heavy (non-hydrogen) atoms. The Morgan fingerprint density at radius 3 is 2.65 bits per heavy atom. The summed E-state index contributed by atoms with van der Waals surface area (Å²) < 4.78 is 13.7. The van der Waals surface area contributed by atoms with Gasteiger partial charge in [-0.3, -0.25) is 9.78 Å². The predicted octanol–water partition coefficient (Wildman–Crippen LogP) is 3.96. The molecule has 1 aromatic carbocycles. The molecule has 120 valence electrons. The van der Waals surface area contributed by atoms with E-state index in [0.717, 1.165) is 36.9 Å². The van der Waals surface area contributed by atoms with Crippen LogP contribution in [0.1, 0.15) is 43.0 Å². The molecule has 1 aromatic heterocycles. The Hall–Kier alpha value is -2.23. The molecular formula is C19H21FN2O. The molecular weight excluding hydrogens is 291 g/mol. The van der Waals surface area contributed by atoms with Crippen molar-refractivity contribution in [3.05, 3.63) is 65.7 Å². The van der Waals surface area contributed by atoms with Gasteiger partial charge in [-0.2, -0.15) is 0 Å². The zero-order chi connectivity index (χ0) is 16.2. The van der Waals surface area contributed by atoms with E-state index in [1.54, 1.807) is 24.2 Å². The van der Waals surface area contributed by atoms with Crippen molar-refractivity contribution in [1.82, 2.24) is 9.88 Å². The Labute approximate surface area is 136 Å². The molecule has 0 bridgehead atoms. The minimum atomic E-state index is -0.361. The van der Waals surface area contributed by atoms with E-state index in [-0.39, 0.29) is 23.7 Å². The Morgan fingerprint density at radius 1 is 1.22 bits per heavy atom. The fraction of sp³-hybridized carbons (Fsp3) is 0.368. The molecule has 1 fully saturated rings. The van der Waals surface area contributed by atoms with Gasteiger partial charge in [0.25, 0.3) is 0 Å². The van der Waals surface area contributed by atoms with Crippen molar-refractivity contribution < 1.29 is 9.18 Å². The monoisotopic (exact) mass is 312 g/mol. The zero-order valence-electron chi connectivity index (χ0n) is 13.3. The molecule has 0 radical (unpaired) electrons. The number of pyridine rings is 1. The Kier molecular flexibility index (Phi) is 4.70. The zero-order valence-corrected chi connectivity index (χ0v) is 13.3. The van der Waals surface area contributed by atoms with E-state index in [4.69, 9.17) is 0 Å². The number of benzene rings is 1. The number of aromatic nitrogens is 1. The molecule has 3 nitrogen and oxygen atoms in total. The number of nitrogens with zero attached hydrogens (tertiary/aromatic N) is 2. The second-order valence-electron chi connectivity index (χ2n) is 6.14. The molecule has 0 N–H and O–H groups in total. The van der Waals surface area contributed by atoms with E-state index in [9.17, 15) is 9.18 Å². The molecule has 1 atom stereocenters. The molecule has 3 rings (SSSR count). The molecule has 4 heteroatoms. The van der Waals surface area contributed by atoms with Crippen LogP contribution in [0.2, 0.25) is 0 Å². The number of rotatable bonds is 4. The first-order valence-electron chi connectivity index (χ1n) is 8.10. The van der Waals surface area contributed by atoms with E-state index in [1.807, 2.05) is 24.3 Å². The lowest BCUT2D eigenvalue weighted by molar-refractivity contribution is -0.135. The van der Waals surface area contributed by atoms with Crippen LogP contribution >= 0.6 is 0 Å². The average molecular weight is 312 g/mol. The van der Waals surface area contributed by atoms with Gasteiger partial charge in [0.2, 0.25) is 5.91 Å². The van der Waals surface area contributed by atoms with Gasteiger partial charge in [0.1, 0.15) is 5.82 Å². The number of hydrogen-bond acceptors (Lipinski definition) is 2. The van der Waals surface area contributed by atoms with Crippen molar-refractivity contribution in [2.45, 2.75) is 31.7 Å². The third-order valence-corrected chi connectivity index (χ3v) is 4.57. The minimum Gasteiger partial charge on any atom is -0.333 e. The molecule has 0 spiro atoms. The lowest BCUT2D eigenvalue weighted by Gasteiger charge is -2.30. The first-order valence-corrected chi connectivity index (χ1v) is 8.10. The van der Waals surface area contributed by atoms with Gasteiger partial charge in [0, 0.05) is 19.2 Å². The number of hydrogen-bond donors (Lipinski definition) is 0. The van der Waals surface area contributed by atoms with Crippen molar-refractivity contribution in [3.8, 4) is 0 Å². The van der Waals surface area contributed by atoms with Gasteiger partial charge in [0.15, 0.2) is 0 Å². The average Bonchev–Trinajstić information content (AvgIpc) is 3.10. The van der Waals surface area contributed by atoms with Crippen LogP contribution in [0, 0.1) is 11.7 Å². The second kappa shape index (κ2) is 6.90. The third-order valence-electron chi connectivity index (χ3n) is 4.57. The highest BCUT2D eigenvalue weighted by Gasteiger charge is 2.31. The van der Waals surface area contributed by atoms with Crippen LogP contribution in [0.4, 0.5) is 4.39 Å². The summed E-state index contributed by atoms with van der Waals surface area (Å²) in [7, 11) is 1.80. The minimum absolute atomic E-state index is 0.0831. The summed E-state index contributed by atoms with van der Waals surface area (Å²) in [6, 6.07) is 11.7. The number of carbonyl (C=O) groups is 1. The molecule has 1 unspecified atom stereocenters. The van der Waals surface area contributed by atoms with Crippen molar-refractivity contribution in [3.63, 3.8) is 0 Å². The van der Waals surface area contributed by atoms with Crippen LogP contribution in [0.25, 0.3) is 0 Å². The first kappa shape index (κ1) is 15.7. The number of amides is 1. The quantitative estimate of drug-likeness (QED) is 0.856. The highest BCUT2D eigenvalue weighted by molar-refractivity contribution is 5.79. The molecule has 1 aliphatic rings. The smallest absolute Gasteiger partial charge is 0.226 e. The van der Waals surface area contributed by atoms with Gasteiger partial charge in [-0.1, -0.05) is 31.0 Å². The summed E-state index contributed by atoms with van der Waals surface area (Å²) in [4.78, 5) is 19.0. The Morgan fingerprint density at radius 2 is 2.00 bits per heavy atom. The lowest BCUT2D eigenvalue weighted by atomic mass is 9.99. The summed E-state index contributed by atoms with van der Waals surface area (Å²) in [5, 5.41) is 0. The second-order valence-corrected chi connectivity index (χ2v) is 6.14. The van der Waals surface area contributed by atoms with Crippen LogP contribution in [0.3, 0.4) is 0 Å². The van der Waals surface area contributed by atoms with Crippen LogP contribution < -0.4 is 0 Å². The summed E-state index contributed by atoms with van der Waals surface area (Å²) in [5.74, 6) is -0.0904. The predicted molar refractivity (Wildman–Crippen MR) is 87.2 cm³/mol. The fourth-order valence-corrected chi connectivity index (χ4v) is 3.40. The van der Waals surface area contributed by atoms with Crippen LogP contribution in [-0.2, 0) is 4.79 Å².